The van der Waals surface area contributed by atoms with Gasteiger partial charge in [-0.1, -0.05) is 26.8 Å². The summed E-state index contributed by atoms with van der Waals surface area (Å²) in [6.07, 6.45) is 8.57. The molecule has 0 fully saturated rings. The Morgan fingerprint density at radius 3 is 2.69 bits per heavy atom. The molecule has 0 saturated carbocycles. The highest BCUT2D eigenvalue weighted by Gasteiger charge is 2.41. The summed E-state index contributed by atoms with van der Waals surface area (Å²) in [4.78, 5) is 5.64. The number of hydrogen-bond donors (Lipinski definition) is 1. The van der Waals surface area contributed by atoms with Gasteiger partial charge in [0.15, 0.2) is 0 Å². The third-order valence-corrected chi connectivity index (χ3v) is 4.41. The highest BCUT2D eigenvalue weighted by atomic mass is 32.1. The Labute approximate surface area is 103 Å². The van der Waals surface area contributed by atoms with Crippen LogP contribution in [0.5, 0.6) is 0 Å². The van der Waals surface area contributed by atoms with Crippen LogP contribution in [0.2, 0.25) is 0 Å². The zero-order valence-corrected chi connectivity index (χ0v) is 11.3. The highest BCUT2D eigenvalue weighted by molar-refractivity contribution is 7.84. The maximum absolute atomic E-state index is 4.70. The van der Waals surface area contributed by atoms with E-state index in [0.29, 0.717) is 11.8 Å². The van der Waals surface area contributed by atoms with E-state index < -0.39 is 0 Å². The molecule has 0 spiro atoms. The van der Waals surface area contributed by atoms with Crippen molar-refractivity contribution in [2.45, 2.75) is 27.7 Å². The van der Waals surface area contributed by atoms with Crippen LogP contribution in [0, 0.1) is 17.3 Å². The number of rotatable bonds is 1. The van der Waals surface area contributed by atoms with Crippen molar-refractivity contribution in [1.82, 2.24) is 0 Å². The second-order valence-electron chi connectivity index (χ2n) is 5.17. The lowest BCUT2D eigenvalue weighted by Gasteiger charge is -2.29. The molecular formula is C14H19NS. The smallest absolute Gasteiger partial charge is 0.0514 e. The van der Waals surface area contributed by atoms with Gasteiger partial charge < -0.3 is 0 Å². The van der Waals surface area contributed by atoms with Gasteiger partial charge in [-0.05, 0) is 35.5 Å². The molecule has 0 amide bonds. The third-order valence-electron chi connectivity index (χ3n) is 3.82. The number of fused-ring (bicyclic) bond motifs is 1. The molecule has 1 aliphatic heterocycles. The Morgan fingerprint density at radius 2 is 2.06 bits per heavy atom. The van der Waals surface area contributed by atoms with Crippen LogP contribution in [0.1, 0.15) is 27.7 Å². The summed E-state index contributed by atoms with van der Waals surface area (Å²) in [7, 11) is 0. The molecule has 86 valence electrons. The van der Waals surface area contributed by atoms with Gasteiger partial charge in [-0.3, -0.25) is 4.99 Å². The van der Waals surface area contributed by atoms with Crippen molar-refractivity contribution >= 4 is 18.8 Å². The van der Waals surface area contributed by atoms with E-state index >= 15 is 0 Å². The number of hydrogen-bond acceptors (Lipinski definition) is 2. The van der Waals surface area contributed by atoms with Crippen molar-refractivity contribution in [2.75, 3.05) is 0 Å². The van der Waals surface area contributed by atoms with Crippen LogP contribution >= 0.6 is 12.6 Å². The monoisotopic (exact) mass is 233 g/mol. The summed E-state index contributed by atoms with van der Waals surface area (Å²) < 4.78 is 0. The molecule has 0 aromatic heterocycles. The second kappa shape index (κ2) is 3.92. The fourth-order valence-corrected chi connectivity index (χ4v) is 2.65. The fraction of sp³-hybridized carbons (Fsp3) is 0.500. The Balaban J connectivity index is 2.52. The maximum Gasteiger partial charge on any atom is 0.0514 e. The summed E-state index contributed by atoms with van der Waals surface area (Å²) in [6, 6.07) is 0. The van der Waals surface area contributed by atoms with Gasteiger partial charge in [-0.15, -0.1) is 12.6 Å². The highest BCUT2D eigenvalue weighted by Crippen LogP contribution is 2.49. The minimum atomic E-state index is -0.0315. The van der Waals surface area contributed by atoms with E-state index in [0.717, 1.165) is 10.6 Å². The van der Waals surface area contributed by atoms with E-state index in [-0.39, 0.29) is 5.41 Å². The van der Waals surface area contributed by atoms with Crippen LogP contribution in [0.25, 0.3) is 0 Å². The van der Waals surface area contributed by atoms with Gasteiger partial charge in [0.2, 0.25) is 0 Å². The Kier molecular flexibility index (Phi) is 2.87. The van der Waals surface area contributed by atoms with E-state index in [2.05, 4.69) is 50.9 Å². The Bertz CT molecular complexity index is 426. The van der Waals surface area contributed by atoms with Crippen molar-refractivity contribution < 1.29 is 0 Å². The first-order chi connectivity index (χ1) is 7.46. The quantitative estimate of drug-likeness (QED) is 0.657. The van der Waals surface area contributed by atoms with E-state index in [1.807, 2.05) is 6.21 Å². The van der Waals surface area contributed by atoms with Gasteiger partial charge in [0.25, 0.3) is 0 Å². The first-order valence-corrected chi connectivity index (χ1v) is 6.28. The minimum absolute atomic E-state index is 0.0315. The Hall–Kier alpha value is -0.760. The van der Waals surface area contributed by atoms with Crippen molar-refractivity contribution in [1.29, 1.82) is 0 Å². The van der Waals surface area contributed by atoms with Gasteiger partial charge in [0.05, 0.1) is 5.70 Å². The average molecular weight is 233 g/mol. The molecular weight excluding hydrogens is 214 g/mol. The predicted octanol–water partition coefficient (Wildman–Crippen LogP) is 4.01. The summed E-state index contributed by atoms with van der Waals surface area (Å²) >= 11 is 4.70. The number of allylic oxidation sites excluding steroid dienone is 5. The first-order valence-electron chi connectivity index (χ1n) is 5.84. The SMILES string of the molecule is CC(C)C1=CC=C2N=CC(C)C2(C)C(S)=C1. The van der Waals surface area contributed by atoms with E-state index in [1.165, 1.54) is 5.57 Å². The van der Waals surface area contributed by atoms with Crippen LogP contribution in [0.15, 0.2) is 39.4 Å². The minimum Gasteiger partial charge on any atom is -0.264 e. The lowest BCUT2D eigenvalue weighted by atomic mass is 9.77. The first kappa shape index (κ1) is 11.7. The molecule has 1 aliphatic carbocycles. The summed E-state index contributed by atoms with van der Waals surface area (Å²) in [5.74, 6) is 0.947. The zero-order valence-electron chi connectivity index (χ0n) is 10.4. The molecule has 2 rings (SSSR count). The van der Waals surface area contributed by atoms with Crippen molar-refractivity contribution in [3.8, 4) is 0 Å². The molecule has 16 heavy (non-hydrogen) atoms. The molecule has 2 aliphatic rings. The lowest BCUT2D eigenvalue weighted by Crippen LogP contribution is -2.23. The number of thiol groups is 1. The van der Waals surface area contributed by atoms with Crippen LogP contribution < -0.4 is 0 Å². The van der Waals surface area contributed by atoms with Gasteiger partial charge in [0.1, 0.15) is 0 Å². The third kappa shape index (κ3) is 1.60. The second-order valence-corrected chi connectivity index (χ2v) is 5.65. The number of nitrogens with zero attached hydrogens (tertiary/aromatic N) is 1. The zero-order chi connectivity index (χ0) is 11.9. The number of aliphatic imine (C=N–C) groups is 1. The van der Waals surface area contributed by atoms with E-state index in [9.17, 15) is 0 Å². The van der Waals surface area contributed by atoms with Crippen LogP contribution in [0.4, 0.5) is 0 Å². The van der Waals surface area contributed by atoms with Crippen LogP contribution in [-0.2, 0) is 0 Å². The van der Waals surface area contributed by atoms with Gasteiger partial charge >= 0.3 is 0 Å². The van der Waals surface area contributed by atoms with E-state index in [1.54, 1.807) is 0 Å². The van der Waals surface area contributed by atoms with Crippen LogP contribution in [0.3, 0.4) is 0 Å². The van der Waals surface area contributed by atoms with Gasteiger partial charge in [-0.25, -0.2) is 0 Å². The molecule has 0 bridgehead atoms. The average Bonchev–Trinajstić information content (AvgIpc) is 2.43. The fourth-order valence-electron chi connectivity index (χ4n) is 2.18. The molecule has 2 atom stereocenters. The largest absolute Gasteiger partial charge is 0.264 e. The molecule has 0 aromatic carbocycles. The molecule has 0 N–H and O–H groups in total. The predicted molar refractivity (Wildman–Crippen MR) is 73.8 cm³/mol. The normalized spacial score (nSPS) is 33.1. The van der Waals surface area contributed by atoms with E-state index in [4.69, 9.17) is 12.6 Å². The molecule has 0 aromatic rings. The van der Waals surface area contributed by atoms with Crippen LogP contribution in [-0.4, -0.2) is 6.21 Å². The standard InChI is InChI=1S/C14H19NS/c1-9(2)11-5-6-12-14(4,13(16)7-11)10(3)8-15-12/h5-10,16H,1-4H3. The summed E-state index contributed by atoms with van der Waals surface area (Å²) in [5, 5.41) is 0. The molecule has 1 heterocycles. The molecule has 1 nitrogen and oxygen atoms in total. The van der Waals surface area contributed by atoms with Gasteiger partial charge in [0, 0.05) is 17.5 Å². The van der Waals surface area contributed by atoms with Crippen molar-refractivity contribution in [3.63, 3.8) is 0 Å². The molecule has 2 unspecified atom stereocenters. The van der Waals surface area contributed by atoms with Gasteiger partial charge in [-0.2, -0.15) is 0 Å². The lowest BCUT2D eigenvalue weighted by molar-refractivity contribution is 0.437. The van der Waals surface area contributed by atoms with Crippen molar-refractivity contribution in [2.24, 2.45) is 22.2 Å². The topological polar surface area (TPSA) is 12.4 Å². The molecule has 0 radical (unpaired) electrons. The Morgan fingerprint density at radius 1 is 1.38 bits per heavy atom. The van der Waals surface area contributed by atoms with Crippen molar-refractivity contribution in [3.05, 3.63) is 34.4 Å². The molecule has 2 heteroatoms. The summed E-state index contributed by atoms with van der Waals surface area (Å²) in [6.45, 7) is 8.84. The summed E-state index contributed by atoms with van der Waals surface area (Å²) in [5.41, 5.74) is 2.43. The maximum atomic E-state index is 4.70. The molecule has 0 saturated heterocycles.